The van der Waals surface area contributed by atoms with E-state index in [2.05, 4.69) is 0 Å². The number of nitrogens with zero attached hydrogens (tertiary/aromatic N) is 2. The van der Waals surface area contributed by atoms with E-state index >= 15 is 0 Å². The predicted octanol–water partition coefficient (Wildman–Crippen LogP) is 1.71. The summed E-state index contributed by atoms with van der Waals surface area (Å²) in [5, 5.41) is 0. The second kappa shape index (κ2) is 5.78. The number of piperidine rings is 1. The molecule has 3 rings (SSSR count). The largest absolute Gasteiger partial charge is 0.341 e. The minimum absolute atomic E-state index is 0.0422. The van der Waals surface area contributed by atoms with Crippen LogP contribution in [-0.4, -0.2) is 47.2 Å². The molecule has 5 nitrogen and oxygen atoms in total. The summed E-state index contributed by atoms with van der Waals surface area (Å²) >= 11 is 0. The summed E-state index contributed by atoms with van der Waals surface area (Å²) in [6.45, 7) is 1.49. The third-order valence-electron chi connectivity index (χ3n) is 5.30. The molecule has 0 unspecified atom stereocenters. The molecule has 2 aliphatic heterocycles. The molecule has 1 aliphatic carbocycles. The first-order valence-corrected chi connectivity index (χ1v) is 8.25. The van der Waals surface area contributed by atoms with Gasteiger partial charge >= 0.3 is 0 Å². The molecule has 5 heteroatoms. The highest BCUT2D eigenvalue weighted by Crippen LogP contribution is 2.45. The number of hydrogen-bond acceptors (Lipinski definition) is 3. The third kappa shape index (κ3) is 2.70. The number of imide groups is 1. The molecular weight excluding hydrogens is 268 g/mol. The van der Waals surface area contributed by atoms with Gasteiger partial charge in [-0.3, -0.25) is 19.3 Å². The highest BCUT2D eigenvalue weighted by Gasteiger charge is 2.51. The molecule has 2 heterocycles. The van der Waals surface area contributed by atoms with Gasteiger partial charge < -0.3 is 4.90 Å². The minimum atomic E-state index is -0.475. The van der Waals surface area contributed by atoms with Gasteiger partial charge in [-0.25, -0.2) is 0 Å². The lowest BCUT2D eigenvalue weighted by Crippen LogP contribution is -2.46. The molecule has 0 aromatic heterocycles. The summed E-state index contributed by atoms with van der Waals surface area (Å²) < 4.78 is 0. The van der Waals surface area contributed by atoms with Crippen LogP contribution in [0.4, 0.5) is 0 Å². The highest BCUT2D eigenvalue weighted by atomic mass is 16.2. The van der Waals surface area contributed by atoms with E-state index in [1.165, 1.54) is 4.90 Å². The molecule has 1 spiro atoms. The van der Waals surface area contributed by atoms with Gasteiger partial charge in [0.25, 0.3) is 0 Å². The van der Waals surface area contributed by atoms with Crippen LogP contribution in [0.15, 0.2) is 0 Å². The molecule has 3 fully saturated rings. The van der Waals surface area contributed by atoms with E-state index in [1.807, 2.05) is 0 Å². The van der Waals surface area contributed by atoms with Crippen molar-refractivity contribution in [1.82, 2.24) is 9.80 Å². The molecule has 2 saturated heterocycles. The molecule has 0 aromatic carbocycles. The first-order valence-electron chi connectivity index (χ1n) is 8.25. The fourth-order valence-electron chi connectivity index (χ4n) is 4.02. The summed E-state index contributed by atoms with van der Waals surface area (Å²) in [4.78, 5) is 40.2. The molecule has 0 atom stereocenters. The van der Waals surface area contributed by atoms with Crippen LogP contribution < -0.4 is 0 Å². The number of rotatable bonds is 2. The zero-order valence-electron chi connectivity index (χ0n) is 12.6. The number of likely N-dealkylation sites (tertiary alicyclic amines) is 2. The van der Waals surface area contributed by atoms with Crippen LogP contribution >= 0.6 is 0 Å². The molecule has 116 valence electrons. The average molecular weight is 292 g/mol. The van der Waals surface area contributed by atoms with Gasteiger partial charge in [0.05, 0.1) is 5.41 Å². The Labute approximate surface area is 125 Å². The van der Waals surface area contributed by atoms with Gasteiger partial charge in [-0.1, -0.05) is 19.3 Å². The predicted molar refractivity (Wildman–Crippen MR) is 77.3 cm³/mol. The van der Waals surface area contributed by atoms with E-state index in [0.29, 0.717) is 6.42 Å². The number of amides is 3. The van der Waals surface area contributed by atoms with Crippen LogP contribution in [0.1, 0.15) is 57.8 Å². The maximum Gasteiger partial charge on any atom is 0.242 e. The first-order chi connectivity index (χ1) is 10.1. The van der Waals surface area contributed by atoms with Gasteiger partial charge in [-0.05, 0) is 32.1 Å². The smallest absolute Gasteiger partial charge is 0.242 e. The minimum Gasteiger partial charge on any atom is -0.341 e. The summed E-state index contributed by atoms with van der Waals surface area (Å²) in [7, 11) is 0. The zero-order valence-corrected chi connectivity index (χ0v) is 12.6. The molecule has 0 radical (unpaired) electrons. The van der Waals surface area contributed by atoms with Crippen molar-refractivity contribution in [3.63, 3.8) is 0 Å². The van der Waals surface area contributed by atoms with Crippen LogP contribution in [-0.2, 0) is 14.4 Å². The van der Waals surface area contributed by atoms with E-state index in [0.717, 1.165) is 64.5 Å². The number of carbonyl (C=O) groups is 3. The van der Waals surface area contributed by atoms with Crippen LogP contribution in [0.2, 0.25) is 0 Å². The molecule has 0 N–H and O–H groups in total. The zero-order chi connectivity index (χ0) is 14.9. The van der Waals surface area contributed by atoms with Gasteiger partial charge in [0, 0.05) is 19.5 Å². The van der Waals surface area contributed by atoms with Crippen molar-refractivity contribution in [2.45, 2.75) is 57.8 Å². The molecule has 3 amide bonds. The van der Waals surface area contributed by atoms with Crippen molar-refractivity contribution in [3.05, 3.63) is 0 Å². The fraction of sp³-hybridized carbons (Fsp3) is 0.812. The van der Waals surface area contributed by atoms with E-state index < -0.39 is 5.41 Å². The van der Waals surface area contributed by atoms with Gasteiger partial charge in [-0.2, -0.15) is 0 Å². The summed E-state index contributed by atoms with van der Waals surface area (Å²) in [6, 6.07) is 0. The number of hydrogen-bond donors (Lipinski definition) is 0. The molecule has 1 saturated carbocycles. The lowest BCUT2D eigenvalue weighted by Gasteiger charge is -2.31. The maximum atomic E-state index is 12.6. The topological polar surface area (TPSA) is 57.7 Å². The third-order valence-corrected chi connectivity index (χ3v) is 5.30. The van der Waals surface area contributed by atoms with E-state index in [-0.39, 0.29) is 24.3 Å². The second-order valence-corrected chi connectivity index (χ2v) is 6.74. The highest BCUT2D eigenvalue weighted by molar-refractivity contribution is 6.08. The first kappa shape index (κ1) is 14.5. The summed E-state index contributed by atoms with van der Waals surface area (Å²) in [5.74, 6) is -0.297. The van der Waals surface area contributed by atoms with Crippen molar-refractivity contribution in [1.29, 1.82) is 0 Å². The summed E-state index contributed by atoms with van der Waals surface area (Å²) in [6.07, 6.45) is 8.34. The van der Waals surface area contributed by atoms with Gasteiger partial charge in [0.15, 0.2) is 0 Å². The standard InChI is InChI=1S/C16H24N2O3/c19-13-11-16(7-3-1-4-8-16)15(21)18(13)12-14(20)17-9-5-2-6-10-17/h1-12H2. The van der Waals surface area contributed by atoms with Crippen molar-refractivity contribution >= 4 is 17.7 Å². The van der Waals surface area contributed by atoms with Gasteiger partial charge in [0.1, 0.15) is 6.54 Å². The lowest BCUT2D eigenvalue weighted by molar-refractivity contribution is -0.148. The van der Waals surface area contributed by atoms with Crippen LogP contribution in [0.5, 0.6) is 0 Å². The molecule has 0 bridgehead atoms. The normalized spacial score (nSPS) is 25.7. The molecule has 21 heavy (non-hydrogen) atoms. The van der Waals surface area contributed by atoms with E-state index in [9.17, 15) is 14.4 Å². The lowest BCUT2D eigenvalue weighted by atomic mass is 9.73. The Bertz CT molecular complexity index is 448. The Morgan fingerprint density at radius 2 is 1.57 bits per heavy atom. The Morgan fingerprint density at radius 1 is 0.952 bits per heavy atom. The summed E-state index contributed by atoms with van der Waals surface area (Å²) in [5.41, 5.74) is -0.475. The SMILES string of the molecule is O=C(CN1C(=O)CC2(CCCCC2)C1=O)N1CCCCC1. The van der Waals surface area contributed by atoms with Crippen LogP contribution in [0.3, 0.4) is 0 Å². The Morgan fingerprint density at radius 3 is 2.24 bits per heavy atom. The molecule has 0 aromatic rings. The van der Waals surface area contributed by atoms with Gasteiger partial charge in [-0.15, -0.1) is 0 Å². The average Bonchev–Trinajstić information content (AvgIpc) is 2.73. The Hall–Kier alpha value is -1.39. The van der Waals surface area contributed by atoms with Crippen molar-refractivity contribution in [2.75, 3.05) is 19.6 Å². The van der Waals surface area contributed by atoms with Crippen molar-refractivity contribution < 1.29 is 14.4 Å². The molecule has 3 aliphatic rings. The Balaban J connectivity index is 1.66. The quantitative estimate of drug-likeness (QED) is 0.728. The van der Waals surface area contributed by atoms with E-state index in [1.54, 1.807) is 4.90 Å². The number of carbonyl (C=O) groups excluding carboxylic acids is 3. The van der Waals surface area contributed by atoms with Gasteiger partial charge in [0.2, 0.25) is 17.7 Å². The Kier molecular flexibility index (Phi) is 4.00. The molecular formula is C16H24N2O3. The van der Waals surface area contributed by atoms with Crippen LogP contribution in [0, 0.1) is 5.41 Å². The van der Waals surface area contributed by atoms with Crippen LogP contribution in [0.25, 0.3) is 0 Å². The monoisotopic (exact) mass is 292 g/mol. The maximum absolute atomic E-state index is 12.6. The fourth-order valence-corrected chi connectivity index (χ4v) is 4.02. The van der Waals surface area contributed by atoms with Crippen molar-refractivity contribution in [2.24, 2.45) is 5.41 Å². The van der Waals surface area contributed by atoms with Crippen molar-refractivity contribution in [3.8, 4) is 0 Å². The van der Waals surface area contributed by atoms with E-state index in [4.69, 9.17) is 0 Å². The second-order valence-electron chi connectivity index (χ2n) is 6.74.